The van der Waals surface area contributed by atoms with Crippen molar-refractivity contribution in [1.82, 2.24) is 0 Å². The first-order valence-electron chi connectivity index (χ1n) is 3.00. The number of carboxylic acid groups (broad SMARTS) is 1. The average Bonchev–Trinajstić information content (AvgIpc) is 1.88. The number of carbonyl (C=O) groups is 1. The number of hydrogen-bond acceptors (Lipinski definition) is 2. The first kappa shape index (κ1) is 6.86. The lowest BCUT2D eigenvalue weighted by molar-refractivity contribution is -0.139. The van der Waals surface area contributed by atoms with Crippen LogP contribution in [0.1, 0.15) is 6.42 Å². The molecule has 0 aromatic carbocycles. The quantitative estimate of drug-likeness (QED) is 0.573. The number of hydrogen-bond donors (Lipinski definition) is 2. The minimum absolute atomic E-state index is 0.150. The Morgan fingerprint density at radius 3 is 2.80 bits per heavy atom. The Labute approximate surface area is 58.3 Å². The smallest absolute Gasteiger partial charge is 0.310 e. The molecular weight excluding hydrogens is 132 g/mol. The molecule has 0 spiro atoms. The molecule has 2 N–H and O–H groups in total. The zero-order valence-corrected chi connectivity index (χ0v) is 5.32. The summed E-state index contributed by atoms with van der Waals surface area (Å²) in [6, 6.07) is 0. The normalized spacial score (nSPS) is 24.0. The van der Waals surface area contributed by atoms with E-state index in [4.69, 9.17) is 10.2 Å². The van der Waals surface area contributed by atoms with E-state index >= 15 is 0 Å². The predicted molar refractivity (Wildman–Crippen MR) is 35.6 cm³/mol. The molecule has 10 heavy (non-hydrogen) atoms. The molecule has 54 valence electrons. The van der Waals surface area contributed by atoms with Crippen LogP contribution in [0.5, 0.6) is 0 Å². The Kier molecular flexibility index (Phi) is 1.76. The number of aliphatic carboxylic acids is 1. The summed E-state index contributed by atoms with van der Waals surface area (Å²) in [5, 5.41) is 17.3. The van der Waals surface area contributed by atoms with Crippen molar-refractivity contribution in [2.45, 2.75) is 6.42 Å². The highest BCUT2D eigenvalue weighted by Crippen LogP contribution is 2.14. The molecule has 0 radical (unpaired) electrons. The van der Waals surface area contributed by atoms with Crippen molar-refractivity contribution >= 4 is 5.97 Å². The molecule has 3 nitrogen and oxygen atoms in total. The van der Waals surface area contributed by atoms with Crippen molar-refractivity contribution in [3.63, 3.8) is 0 Å². The number of carboxylic acids is 1. The molecule has 0 aliphatic heterocycles. The van der Waals surface area contributed by atoms with Gasteiger partial charge in [-0.1, -0.05) is 6.08 Å². The van der Waals surface area contributed by atoms with E-state index in [9.17, 15) is 4.79 Å². The van der Waals surface area contributed by atoms with Crippen LogP contribution in [0.2, 0.25) is 0 Å². The van der Waals surface area contributed by atoms with E-state index in [0.29, 0.717) is 6.42 Å². The van der Waals surface area contributed by atoms with Crippen LogP contribution in [-0.4, -0.2) is 16.2 Å². The molecule has 1 rings (SSSR count). The summed E-state index contributed by atoms with van der Waals surface area (Å²) < 4.78 is 0. The van der Waals surface area contributed by atoms with E-state index in [1.807, 2.05) is 0 Å². The van der Waals surface area contributed by atoms with E-state index in [1.165, 1.54) is 18.2 Å². The first-order valence-corrected chi connectivity index (χ1v) is 3.00. The zero-order valence-electron chi connectivity index (χ0n) is 5.32. The zero-order chi connectivity index (χ0) is 7.56. The van der Waals surface area contributed by atoms with Crippen molar-refractivity contribution in [3.05, 3.63) is 24.0 Å². The Morgan fingerprint density at radius 1 is 1.70 bits per heavy atom. The van der Waals surface area contributed by atoms with E-state index < -0.39 is 11.9 Å². The predicted octanol–water partition coefficient (Wildman–Crippen LogP) is 1.09. The SMILES string of the molecule is O=C(O)C1C=CC(O)=CC1. The third-order valence-electron chi connectivity index (χ3n) is 1.40. The average molecular weight is 140 g/mol. The Morgan fingerprint density at radius 2 is 2.40 bits per heavy atom. The summed E-state index contributed by atoms with van der Waals surface area (Å²) in [7, 11) is 0. The van der Waals surface area contributed by atoms with Gasteiger partial charge in [0, 0.05) is 0 Å². The number of aliphatic hydroxyl groups is 1. The second-order valence-corrected chi connectivity index (χ2v) is 2.17. The minimum Gasteiger partial charge on any atom is -0.508 e. The van der Waals surface area contributed by atoms with Gasteiger partial charge in [-0.3, -0.25) is 4.79 Å². The largest absolute Gasteiger partial charge is 0.508 e. The molecular formula is C7H8O3. The monoisotopic (exact) mass is 140 g/mol. The number of allylic oxidation sites excluding steroid dienone is 2. The van der Waals surface area contributed by atoms with Gasteiger partial charge < -0.3 is 10.2 Å². The molecule has 0 aromatic rings. The Balaban J connectivity index is 2.60. The van der Waals surface area contributed by atoms with E-state index in [2.05, 4.69) is 0 Å². The lowest BCUT2D eigenvalue weighted by Gasteiger charge is -2.07. The van der Waals surface area contributed by atoms with E-state index in [1.54, 1.807) is 0 Å². The van der Waals surface area contributed by atoms with Crippen LogP contribution in [-0.2, 0) is 4.79 Å². The molecule has 1 aliphatic rings. The molecule has 0 saturated heterocycles. The fourth-order valence-electron chi connectivity index (χ4n) is 0.792. The van der Waals surface area contributed by atoms with Gasteiger partial charge in [-0.2, -0.15) is 0 Å². The lowest BCUT2D eigenvalue weighted by atomic mass is 10.0. The van der Waals surface area contributed by atoms with Crippen LogP contribution in [0, 0.1) is 5.92 Å². The maximum Gasteiger partial charge on any atom is 0.310 e. The van der Waals surface area contributed by atoms with Gasteiger partial charge in [0.2, 0.25) is 0 Å². The highest BCUT2D eigenvalue weighted by atomic mass is 16.4. The molecule has 3 heteroatoms. The molecule has 0 bridgehead atoms. The van der Waals surface area contributed by atoms with Crippen molar-refractivity contribution in [2.24, 2.45) is 5.92 Å². The highest BCUT2D eigenvalue weighted by Gasteiger charge is 2.14. The third-order valence-corrected chi connectivity index (χ3v) is 1.40. The van der Waals surface area contributed by atoms with Gasteiger partial charge in [0.15, 0.2) is 0 Å². The molecule has 0 amide bonds. The van der Waals surface area contributed by atoms with Gasteiger partial charge in [-0.15, -0.1) is 0 Å². The first-order chi connectivity index (χ1) is 4.70. The van der Waals surface area contributed by atoms with Crippen molar-refractivity contribution < 1.29 is 15.0 Å². The standard InChI is InChI=1S/C7H8O3/c8-6-3-1-5(2-4-6)7(9)10/h1,3-5,8H,2H2,(H,9,10). The lowest BCUT2D eigenvalue weighted by Crippen LogP contribution is -2.11. The van der Waals surface area contributed by atoms with Gasteiger partial charge >= 0.3 is 5.97 Å². The summed E-state index contributed by atoms with van der Waals surface area (Å²) in [4.78, 5) is 10.3. The second kappa shape index (κ2) is 2.56. The maximum absolute atomic E-state index is 10.3. The van der Waals surface area contributed by atoms with Crippen molar-refractivity contribution in [2.75, 3.05) is 0 Å². The van der Waals surface area contributed by atoms with Crippen LogP contribution in [0.4, 0.5) is 0 Å². The summed E-state index contributed by atoms with van der Waals surface area (Å²) in [5.41, 5.74) is 0. The molecule has 0 saturated carbocycles. The van der Waals surface area contributed by atoms with Gasteiger partial charge in [0.05, 0.1) is 5.92 Å². The van der Waals surface area contributed by atoms with Gasteiger partial charge in [0.1, 0.15) is 5.76 Å². The fraction of sp³-hybridized carbons (Fsp3) is 0.286. The summed E-state index contributed by atoms with van der Waals surface area (Å²) in [6.07, 6.45) is 4.77. The summed E-state index contributed by atoms with van der Waals surface area (Å²) in [6.45, 7) is 0. The van der Waals surface area contributed by atoms with Crippen LogP contribution >= 0.6 is 0 Å². The van der Waals surface area contributed by atoms with Crippen LogP contribution in [0.15, 0.2) is 24.0 Å². The molecule has 1 aliphatic carbocycles. The van der Waals surface area contributed by atoms with Crippen LogP contribution in [0.3, 0.4) is 0 Å². The van der Waals surface area contributed by atoms with E-state index in [0.717, 1.165) is 0 Å². The van der Waals surface area contributed by atoms with Gasteiger partial charge in [-0.05, 0) is 18.6 Å². The third kappa shape index (κ3) is 1.37. The number of aliphatic hydroxyl groups excluding tert-OH is 1. The minimum atomic E-state index is -0.847. The van der Waals surface area contributed by atoms with Gasteiger partial charge in [0.25, 0.3) is 0 Å². The van der Waals surface area contributed by atoms with Gasteiger partial charge in [-0.25, -0.2) is 0 Å². The molecule has 0 aromatic heterocycles. The molecule has 1 atom stereocenters. The Bertz CT molecular complexity index is 203. The summed E-state index contributed by atoms with van der Waals surface area (Å²) in [5.74, 6) is -1.16. The highest BCUT2D eigenvalue weighted by molar-refractivity contribution is 5.72. The molecule has 0 fully saturated rings. The summed E-state index contributed by atoms with van der Waals surface area (Å²) >= 11 is 0. The van der Waals surface area contributed by atoms with Crippen LogP contribution in [0.25, 0.3) is 0 Å². The fourth-order valence-corrected chi connectivity index (χ4v) is 0.792. The Hall–Kier alpha value is -1.25. The molecule has 1 unspecified atom stereocenters. The maximum atomic E-state index is 10.3. The number of rotatable bonds is 1. The van der Waals surface area contributed by atoms with Crippen LogP contribution < -0.4 is 0 Å². The van der Waals surface area contributed by atoms with Crippen molar-refractivity contribution in [1.29, 1.82) is 0 Å². The van der Waals surface area contributed by atoms with Crippen molar-refractivity contribution in [3.8, 4) is 0 Å². The van der Waals surface area contributed by atoms with E-state index in [-0.39, 0.29) is 5.76 Å². The molecule has 0 heterocycles. The topological polar surface area (TPSA) is 57.5 Å². The second-order valence-electron chi connectivity index (χ2n) is 2.17.